The van der Waals surface area contributed by atoms with Gasteiger partial charge in [0.2, 0.25) is 5.78 Å². The second-order valence-electron chi connectivity index (χ2n) is 4.87. The molecule has 2 heterocycles. The second kappa shape index (κ2) is 5.25. The number of hydrogen-bond donors (Lipinski definition) is 2. The van der Waals surface area contributed by atoms with E-state index in [1.54, 1.807) is 22.9 Å². The summed E-state index contributed by atoms with van der Waals surface area (Å²) in [5.41, 5.74) is 5.96. The summed E-state index contributed by atoms with van der Waals surface area (Å²) < 4.78 is 39.6. The Morgan fingerprint density at radius 2 is 2.00 bits per heavy atom. The molecule has 0 fully saturated rings. The molecule has 0 spiro atoms. The number of halogens is 3. The van der Waals surface area contributed by atoms with Gasteiger partial charge in [-0.3, -0.25) is 4.79 Å². The van der Waals surface area contributed by atoms with Crippen LogP contribution in [0.3, 0.4) is 0 Å². The van der Waals surface area contributed by atoms with Crippen molar-refractivity contribution < 1.29 is 18.0 Å². The normalized spacial score (nSPS) is 16.0. The zero-order chi connectivity index (χ0) is 15.7. The lowest BCUT2D eigenvalue weighted by molar-refractivity contribution is -0.137. The summed E-state index contributed by atoms with van der Waals surface area (Å²) in [4.78, 5) is 12.0. The third-order valence-electron chi connectivity index (χ3n) is 3.35. The number of carbonyl (C=O) groups is 1. The molecule has 1 aromatic heterocycles. The number of benzene rings is 1. The fraction of sp³-hybridized carbons (Fsp3) is 0.133. The highest BCUT2D eigenvalue weighted by Crippen LogP contribution is 2.30. The Kier molecular flexibility index (Phi) is 3.40. The second-order valence-corrected chi connectivity index (χ2v) is 4.87. The van der Waals surface area contributed by atoms with Gasteiger partial charge in [-0.05, 0) is 30.3 Å². The number of hydrogen-bond acceptors (Lipinski definition) is 3. The average molecular weight is 307 g/mol. The molecular weight excluding hydrogens is 295 g/mol. The number of fused-ring (bicyclic) bond motifs is 1. The first-order chi connectivity index (χ1) is 10.4. The van der Waals surface area contributed by atoms with Gasteiger partial charge in [0.15, 0.2) is 0 Å². The molecule has 0 saturated heterocycles. The Hall–Kier alpha value is -2.70. The van der Waals surface area contributed by atoms with E-state index in [9.17, 15) is 18.0 Å². The van der Waals surface area contributed by atoms with Crippen LogP contribution < -0.4 is 10.9 Å². The van der Waals surface area contributed by atoms with Crippen LogP contribution in [-0.4, -0.2) is 10.4 Å². The summed E-state index contributed by atoms with van der Waals surface area (Å²) >= 11 is 0. The molecule has 0 bridgehead atoms. The number of hydrazine groups is 1. The standard InChI is InChI=1S/C15H12F3N3O/c16-15(17,18)11-3-1-4-12(7-11)20-19-8-10-9-21-6-2-5-13(21)14(10)22/h1-8,19-20H,9H2/b10-8-. The maximum absolute atomic E-state index is 12.6. The lowest BCUT2D eigenvalue weighted by Crippen LogP contribution is -2.17. The Balaban J connectivity index is 1.66. The summed E-state index contributed by atoms with van der Waals surface area (Å²) in [7, 11) is 0. The predicted molar refractivity (Wildman–Crippen MR) is 75.0 cm³/mol. The van der Waals surface area contributed by atoms with Crippen molar-refractivity contribution in [2.45, 2.75) is 12.7 Å². The van der Waals surface area contributed by atoms with Gasteiger partial charge in [0.25, 0.3) is 0 Å². The van der Waals surface area contributed by atoms with E-state index in [-0.39, 0.29) is 11.5 Å². The molecule has 3 rings (SSSR count). The lowest BCUT2D eigenvalue weighted by atomic mass is 10.2. The lowest BCUT2D eigenvalue weighted by Gasteiger charge is -2.10. The highest BCUT2D eigenvalue weighted by Gasteiger charge is 2.30. The highest BCUT2D eigenvalue weighted by molar-refractivity contribution is 6.09. The van der Waals surface area contributed by atoms with E-state index < -0.39 is 11.7 Å². The molecule has 0 atom stereocenters. The van der Waals surface area contributed by atoms with Crippen LogP contribution in [0.4, 0.5) is 18.9 Å². The van der Waals surface area contributed by atoms with E-state index in [1.165, 1.54) is 18.3 Å². The van der Waals surface area contributed by atoms with Crippen LogP contribution in [0, 0.1) is 0 Å². The Labute approximate surface area is 124 Å². The van der Waals surface area contributed by atoms with Gasteiger partial charge in [0.05, 0.1) is 23.5 Å². The molecule has 1 aliphatic heterocycles. The summed E-state index contributed by atoms with van der Waals surface area (Å²) in [6, 6.07) is 8.32. The number of nitrogens with zero attached hydrogens (tertiary/aromatic N) is 1. The third-order valence-corrected chi connectivity index (χ3v) is 3.35. The topological polar surface area (TPSA) is 46.1 Å². The highest BCUT2D eigenvalue weighted by atomic mass is 19.4. The zero-order valence-electron chi connectivity index (χ0n) is 11.3. The molecule has 0 radical (unpaired) electrons. The summed E-state index contributed by atoms with van der Waals surface area (Å²) in [6.45, 7) is 0.443. The first-order valence-corrected chi connectivity index (χ1v) is 6.53. The van der Waals surface area contributed by atoms with E-state index in [4.69, 9.17) is 0 Å². The fourth-order valence-electron chi connectivity index (χ4n) is 2.27. The largest absolute Gasteiger partial charge is 0.416 e. The van der Waals surface area contributed by atoms with Crippen molar-refractivity contribution in [3.8, 4) is 0 Å². The number of alkyl halides is 3. The Morgan fingerprint density at radius 1 is 1.18 bits per heavy atom. The Bertz CT molecular complexity index is 746. The summed E-state index contributed by atoms with van der Waals surface area (Å²) in [5, 5.41) is 0. The maximum Gasteiger partial charge on any atom is 0.416 e. The molecule has 22 heavy (non-hydrogen) atoms. The van der Waals surface area contributed by atoms with Gasteiger partial charge < -0.3 is 15.4 Å². The van der Waals surface area contributed by atoms with Crippen LogP contribution in [0.1, 0.15) is 16.1 Å². The first kappa shape index (κ1) is 14.2. The van der Waals surface area contributed by atoms with Crippen molar-refractivity contribution in [1.82, 2.24) is 9.99 Å². The number of aromatic nitrogens is 1. The summed E-state index contributed by atoms with van der Waals surface area (Å²) in [5.74, 6) is -0.0941. The molecule has 0 aliphatic carbocycles. The van der Waals surface area contributed by atoms with E-state index in [0.29, 0.717) is 17.8 Å². The van der Waals surface area contributed by atoms with Crippen molar-refractivity contribution in [3.05, 3.63) is 65.6 Å². The van der Waals surface area contributed by atoms with E-state index >= 15 is 0 Å². The van der Waals surface area contributed by atoms with Crippen LogP contribution in [0.5, 0.6) is 0 Å². The first-order valence-electron chi connectivity index (χ1n) is 6.53. The van der Waals surface area contributed by atoms with E-state index in [1.807, 2.05) is 0 Å². The van der Waals surface area contributed by atoms with Crippen LogP contribution in [0.2, 0.25) is 0 Å². The van der Waals surface area contributed by atoms with Crippen molar-refractivity contribution in [2.24, 2.45) is 0 Å². The van der Waals surface area contributed by atoms with Crippen molar-refractivity contribution in [3.63, 3.8) is 0 Å². The van der Waals surface area contributed by atoms with Gasteiger partial charge in [-0.2, -0.15) is 13.2 Å². The van der Waals surface area contributed by atoms with Gasteiger partial charge in [0.1, 0.15) is 0 Å². The fourth-order valence-corrected chi connectivity index (χ4v) is 2.27. The van der Waals surface area contributed by atoms with Crippen LogP contribution in [0.25, 0.3) is 0 Å². The third kappa shape index (κ3) is 2.69. The summed E-state index contributed by atoms with van der Waals surface area (Å²) in [6.07, 6.45) is -1.12. The van der Waals surface area contributed by atoms with Gasteiger partial charge in [-0.15, -0.1) is 0 Å². The minimum Gasteiger partial charge on any atom is -0.340 e. The molecule has 1 aliphatic rings. The average Bonchev–Trinajstić information content (AvgIpc) is 3.03. The number of nitrogens with one attached hydrogen (secondary N) is 2. The van der Waals surface area contributed by atoms with Crippen LogP contribution in [0.15, 0.2) is 54.4 Å². The van der Waals surface area contributed by atoms with E-state index in [2.05, 4.69) is 10.9 Å². The molecule has 0 saturated carbocycles. The molecule has 114 valence electrons. The monoisotopic (exact) mass is 307 g/mol. The van der Waals surface area contributed by atoms with E-state index in [0.717, 1.165) is 12.1 Å². The van der Waals surface area contributed by atoms with Gasteiger partial charge >= 0.3 is 6.18 Å². The quantitative estimate of drug-likeness (QED) is 0.676. The molecule has 7 heteroatoms. The minimum atomic E-state index is -4.39. The van der Waals surface area contributed by atoms with Gasteiger partial charge in [0, 0.05) is 18.0 Å². The molecule has 1 aromatic carbocycles. The number of anilines is 1. The number of carbonyl (C=O) groups excluding carboxylic acids is 1. The van der Waals surface area contributed by atoms with Crippen molar-refractivity contribution in [1.29, 1.82) is 0 Å². The number of Topliss-reactive ketones (excluding diaryl/α,β-unsaturated/α-hetero) is 1. The van der Waals surface area contributed by atoms with Crippen LogP contribution in [-0.2, 0) is 12.7 Å². The smallest absolute Gasteiger partial charge is 0.340 e. The molecule has 0 amide bonds. The van der Waals surface area contributed by atoms with Crippen molar-refractivity contribution in [2.75, 3.05) is 5.43 Å². The molecule has 0 unspecified atom stereocenters. The maximum atomic E-state index is 12.6. The van der Waals surface area contributed by atoms with Gasteiger partial charge in [-0.25, -0.2) is 0 Å². The molecule has 4 nitrogen and oxygen atoms in total. The molecule has 2 N–H and O–H groups in total. The van der Waals surface area contributed by atoms with Crippen molar-refractivity contribution >= 4 is 11.5 Å². The number of allylic oxidation sites excluding steroid dienone is 1. The SMILES string of the molecule is O=C1/C(=C\NNc2cccc(C(F)(F)F)c2)Cn2cccc21. The van der Waals surface area contributed by atoms with Gasteiger partial charge in [-0.1, -0.05) is 6.07 Å². The predicted octanol–water partition coefficient (Wildman–Crippen LogP) is 3.20. The van der Waals surface area contributed by atoms with Crippen LogP contribution >= 0.6 is 0 Å². The number of ketones is 1. The molecule has 2 aromatic rings. The molecular formula is C15H12F3N3O. The zero-order valence-corrected chi connectivity index (χ0v) is 11.3. The minimum absolute atomic E-state index is 0.0941. The Morgan fingerprint density at radius 3 is 2.73 bits per heavy atom. The number of rotatable bonds is 3.